The number of anilines is 2. The third-order valence-electron chi connectivity index (χ3n) is 6.02. The Kier molecular flexibility index (Phi) is 18.0. The standard InChI is InChI=1S/C24H19FN4O2S.C5H12.2C2H6.C2H4/c25-21-14-19(29-11-2-12-32(29)31)6-7-20(21)24(30)27-18-4-1-3-16(13-18)22-8-5-17-15-26-10-9-23(17)28-22;1-3-5-4-2;3*1-2/h1,3-10,13-15H,2,11-12H2,(H,27,30);3-5H2,1-2H3;2*1-2H3;1-2H2. The molecule has 0 saturated carbocycles. The Balaban J connectivity index is 0.000000742. The van der Waals surface area contributed by atoms with Gasteiger partial charge in [0.2, 0.25) is 0 Å². The molecule has 1 amide bonds. The molecule has 6 nitrogen and oxygen atoms in total. The zero-order chi connectivity index (χ0) is 32.2. The summed E-state index contributed by atoms with van der Waals surface area (Å²) in [7, 11) is -1.14. The lowest BCUT2D eigenvalue weighted by Crippen LogP contribution is -2.20. The predicted molar refractivity (Wildman–Crippen MR) is 183 cm³/mol. The fraction of sp³-hybridized carbons (Fsp3) is 0.343. The smallest absolute Gasteiger partial charge is 0.258 e. The Bertz CT molecular complexity index is 1430. The molecule has 1 atom stereocenters. The number of amides is 1. The van der Waals surface area contributed by atoms with Crippen LogP contribution in [0.25, 0.3) is 22.2 Å². The zero-order valence-electron chi connectivity index (χ0n) is 26.5. The van der Waals surface area contributed by atoms with Crippen LogP contribution in [-0.2, 0) is 11.0 Å². The maximum absolute atomic E-state index is 14.7. The van der Waals surface area contributed by atoms with E-state index in [-0.39, 0.29) is 5.56 Å². The summed E-state index contributed by atoms with van der Waals surface area (Å²) >= 11 is 0. The van der Waals surface area contributed by atoms with Gasteiger partial charge >= 0.3 is 0 Å². The lowest BCUT2D eigenvalue weighted by Gasteiger charge is -2.16. The molecule has 4 aromatic rings. The molecule has 8 heteroatoms. The average molecular weight is 607 g/mol. The molecule has 5 rings (SSSR count). The van der Waals surface area contributed by atoms with Gasteiger partial charge in [-0.25, -0.2) is 13.6 Å². The summed E-state index contributed by atoms with van der Waals surface area (Å²) in [6.07, 6.45) is 8.32. The van der Waals surface area contributed by atoms with Gasteiger partial charge in [0.05, 0.1) is 22.5 Å². The molecule has 3 heterocycles. The van der Waals surface area contributed by atoms with Crippen molar-refractivity contribution in [1.29, 1.82) is 0 Å². The highest BCUT2D eigenvalue weighted by Gasteiger charge is 2.22. The van der Waals surface area contributed by atoms with Crippen LogP contribution in [0, 0.1) is 5.82 Å². The Hall–Kier alpha value is -3.91. The molecule has 0 aliphatic carbocycles. The lowest BCUT2D eigenvalue weighted by atomic mass is 10.1. The van der Waals surface area contributed by atoms with Gasteiger partial charge in [-0.05, 0) is 55.0 Å². The summed E-state index contributed by atoms with van der Waals surface area (Å²) in [6.45, 7) is 19.0. The van der Waals surface area contributed by atoms with Crippen LogP contribution in [0.4, 0.5) is 15.8 Å². The van der Waals surface area contributed by atoms with Crippen LogP contribution in [0.1, 0.15) is 77.6 Å². The maximum Gasteiger partial charge on any atom is 0.258 e. The van der Waals surface area contributed by atoms with Crippen LogP contribution in [0.3, 0.4) is 0 Å². The summed E-state index contributed by atoms with van der Waals surface area (Å²) in [5.74, 6) is -0.625. The van der Waals surface area contributed by atoms with Gasteiger partial charge < -0.3 is 5.32 Å². The number of benzene rings is 2. The number of rotatable bonds is 6. The number of carbonyl (C=O) groups is 1. The van der Waals surface area contributed by atoms with Gasteiger partial charge in [0.15, 0.2) is 0 Å². The number of nitrogens with zero attached hydrogens (tertiary/aromatic N) is 3. The average Bonchev–Trinajstić information content (AvgIpc) is 3.50. The molecule has 0 radical (unpaired) electrons. The van der Waals surface area contributed by atoms with E-state index in [0.29, 0.717) is 23.7 Å². The van der Waals surface area contributed by atoms with Crippen LogP contribution in [0.5, 0.6) is 0 Å². The molecule has 2 aromatic heterocycles. The molecule has 2 aromatic carbocycles. The van der Waals surface area contributed by atoms with Gasteiger partial charge in [0.25, 0.3) is 5.91 Å². The number of aromatic nitrogens is 2. The van der Waals surface area contributed by atoms with E-state index in [1.807, 2.05) is 58.0 Å². The molecule has 1 saturated heterocycles. The Morgan fingerprint density at radius 3 is 2.33 bits per heavy atom. The third-order valence-corrected chi connectivity index (χ3v) is 7.55. The number of hydrogen-bond donors (Lipinski definition) is 1. The number of carbonyl (C=O) groups excluding carboxylic acids is 1. The van der Waals surface area contributed by atoms with E-state index in [2.05, 4.69) is 42.3 Å². The van der Waals surface area contributed by atoms with E-state index in [0.717, 1.165) is 28.6 Å². The number of hydrogen-bond acceptors (Lipinski definition) is 4. The zero-order valence-corrected chi connectivity index (χ0v) is 27.3. The second kappa shape index (κ2) is 20.9. The van der Waals surface area contributed by atoms with Gasteiger partial charge in [-0.1, -0.05) is 72.9 Å². The highest BCUT2D eigenvalue weighted by molar-refractivity contribution is 7.86. The predicted octanol–water partition coefficient (Wildman–Crippen LogP) is 9.61. The Labute approximate surface area is 260 Å². The van der Waals surface area contributed by atoms with Crippen molar-refractivity contribution < 1.29 is 13.4 Å². The van der Waals surface area contributed by atoms with E-state index >= 15 is 0 Å². The topological polar surface area (TPSA) is 75.2 Å². The first-order chi connectivity index (χ1) is 21.0. The van der Waals surface area contributed by atoms with Crippen molar-refractivity contribution in [1.82, 2.24) is 9.97 Å². The van der Waals surface area contributed by atoms with Crippen molar-refractivity contribution in [2.45, 2.75) is 67.2 Å². The third kappa shape index (κ3) is 11.0. The first kappa shape index (κ1) is 37.1. The number of unbranched alkanes of at least 4 members (excludes halogenated alkanes) is 2. The minimum absolute atomic E-state index is 0.0690. The quantitative estimate of drug-likeness (QED) is 0.222. The van der Waals surface area contributed by atoms with Crippen LogP contribution >= 0.6 is 0 Å². The Morgan fingerprint density at radius 1 is 1.00 bits per heavy atom. The summed E-state index contributed by atoms with van der Waals surface area (Å²) in [5.41, 5.74) is 3.40. The number of halogens is 1. The Morgan fingerprint density at radius 2 is 1.72 bits per heavy atom. The first-order valence-electron chi connectivity index (χ1n) is 15.1. The molecule has 0 spiro atoms. The highest BCUT2D eigenvalue weighted by Crippen LogP contribution is 2.26. The molecule has 1 N–H and O–H groups in total. The highest BCUT2D eigenvalue weighted by atomic mass is 32.2. The van der Waals surface area contributed by atoms with Crippen LogP contribution in [-0.4, -0.2) is 32.4 Å². The van der Waals surface area contributed by atoms with E-state index in [9.17, 15) is 13.4 Å². The lowest BCUT2D eigenvalue weighted by molar-refractivity contribution is 0.102. The van der Waals surface area contributed by atoms with Gasteiger partial charge in [0, 0.05) is 41.3 Å². The molecular formula is C35H47FN4O2S. The summed E-state index contributed by atoms with van der Waals surface area (Å²) < 4.78 is 28.3. The van der Waals surface area contributed by atoms with Crippen molar-refractivity contribution in [3.05, 3.63) is 97.6 Å². The molecule has 1 unspecified atom stereocenters. The maximum atomic E-state index is 14.7. The molecule has 1 fully saturated rings. The van der Waals surface area contributed by atoms with Crippen molar-refractivity contribution >= 4 is 39.2 Å². The van der Waals surface area contributed by atoms with Crippen molar-refractivity contribution in [3.63, 3.8) is 0 Å². The van der Waals surface area contributed by atoms with Gasteiger partial charge in [-0.3, -0.25) is 14.1 Å². The molecular weight excluding hydrogens is 559 g/mol. The van der Waals surface area contributed by atoms with E-state index in [4.69, 9.17) is 0 Å². The number of fused-ring (bicyclic) bond motifs is 1. The monoisotopic (exact) mass is 606 g/mol. The summed E-state index contributed by atoms with van der Waals surface area (Å²) in [5, 5.41) is 3.70. The van der Waals surface area contributed by atoms with Gasteiger partial charge in [-0.15, -0.1) is 13.2 Å². The SMILES string of the molecule is C=C.CC.CC.CCCCC.O=C(Nc1cccc(-c2ccc3cnccc3n2)c1)c1ccc(N2CCCS2=O)cc1F. The van der Waals surface area contributed by atoms with E-state index in [1.54, 1.807) is 34.9 Å². The molecule has 1 aliphatic rings. The first-order valence-corrected chi connectivity index (χ1v) is 16.4. The number of pyridine rings is 2. The molecule has 232 valence electrons. The summed E-state index contributed by atoms with van der Waals surface area (Å²) in [6, 6.07) is 17.3. The van der Waals surface area contributed by atoms with Crippen LogP contribution in [0.2, 0.25) is 0 Å². The minimum Gasteiger partial charge on any atom is -0.322 e. The fourth-order valence-electron chi connectivity index (χ4n) is 4.07. The van der Waals surface area contributed by atoms with Crippen LogP contribution in [0.15, 0.2) is 86.2 Å². The van der Waals surface area contributed by atoms with Gasteiger partial charge in [0.1, 0.15) is 16.8 Å². The van der Waals surface area contributed by atoms with Crippen molar-refractivity contribution in [3.8, 4) is 11.3 Å². The second-order valence-corrected chi connectivity index (χ2v) is 10.3. The van der Waals surface area contributed by atoms with Crippen LogP contribution < -0.4 is 9.62 Å². The van der Waals surface area contributed by atoms with E-state index < -0.39 is 22.7 Å². The molecule has 0 bridgehead atoms. The van der Waals surface area contributed by atoms with Crippen molar-refractivity contribution in [2.75, 3.05) is 21.9 Å². The normalized spacial score (nSPS) is 13.1. The molecule has 1 aliphatic heterocycles. The largest absolute Gasteiger partial charge is 0.322 e. The number of nitrogens with one attached hydrogen (secondary N) is 1. The van der Waals surface area contributed by atoms with E-state index in [1.165, 1.54) is 31.4 Å². The van der Waals surface area contributed by atoms with Crippen molar-refractivity contribution in [2.24, 2.45) is 0 Å². The fourth-order valence-corrected chi connectivity index (χ4v) is 5.35. The van der Waals surface area contributed by atoms with Gasteiger partial charge in [-0.2, -0.15) is 0 Å². The second-order valence-electron chi connectivity index (χ2n) is 8.80. The minimum atomic E-state index is -1.14. The molecule has 43 heavy (non-hydrogen) atoms. The summed E-state index contributed by atoms with van der Waals surface area (Å²) in [4.78, 5) is 21.4.